The van der Waals surface area contributed by atoms with Crippen molar-refractivity contribution in [2.24, 2.45) is 5.73 Å². The van der Waals surface area contributed by atoms with Crippen LogP contribution in [0.15, 0.2) is 0 Å². The van der Waals surface area contributed by atoms with Crippen LogP contribution in [0.25, 0.3) is 0 Å². The van der Waals surface area contributed by atoms with Crippen molar-refractivity contribution in [1.82, 2.24) is 9.97 Å². The average Bonchev–Trinajstić information content (AvgIpc) is 3.06. The Morgan fingerprint density at radius 2 is 2.06 bits per heavy atom. The molecule has 2 N–H and O–H groups in total. The largest absolute Gasteiger partial charge is 0.481 e. The van der Waals surface area contributed by atoms with Gasteiger partial charge in [-0.1, -0.05) is 0 Å². The molecule has 0 radical (unpaired) electrons. The fourth-order valence-electron chi connectivity index (χ4n) is 2.15. The van der Waals surface area contributed by atoms with E-state index >= 15 is 0 Å². The lowest BCUT2D eigenvalue weighted by Crippen LogP contribution is -2.27. The van der Waals surface area contributed by atoms with E-state index in [1.807, 2.05) is 0 Å². The Kier molecular flexibility index (Phi) is 2.40. The summed E-state index contributed by atoms with van der Waals surface area (Å²) in [5, 5.41) is 0. The highest BCUT2D eigenvalue weighted by atomic mass is 32.2. The first kappa shape index (κ1) is 11.9. The Labute approximate surface area is 105 Å². The Bertz CT molecular complexity index is 591. The van der Waals surface area contributed by atoms with E-state index < -0.39 is 15.4 Å². The van der Waals surface area contributed by atoms with Gasteiger partial charge in [0.15, 0.2) is 15.7 Å². The van der Waals surface area contributed by atoms with E-state index in [-0.39, 0.29) is 11.5 Å². The van der Waals surface area contributed by atoms with Crippen molar-refractivity contribution < 1.29 is 13.2 Å². The number of hydrogen-bond donors (Lipinski definition) is 1. The minimum atomic E-state index is -3.05. The van der Waals surface area contributed by atoms with Crippen molar-refractivity contribution in [3.05, 3.63) is 17.1 Å². The van der Waals surface area contributed by atoms with Crippen molar-refractivity contribution >= 4 is 9.84 Å². The van der Waals surface area contributed by atoms with Crippen LogP contribution in [0.5, 0.6) is 5.88 Å². The van der Waals surface area contributed by atoms with Gasteiger partial charge in [0.25, 0.3) is 0 Å². The van der Waals surface area contributed by atoms with Crippen LogP contribution < -0.4 is 10.5 Å². The molecule has 7 heteroatoms. The number of rotatable bonds is 2. The fourth-order valence-corrected chi connectivity index (χ4v) is 3.53. The van der Waals surface area contributed by atoms with Gasteiger partial charge in [-0.05, 0) is 12.8 Å². The number of ether oxygens (including phenoxy) is 1. The molecular weight excluding hydrogens is 254 g/mol. The first-order valence-electron chi connectivity index (χ1n) is 5.87. The van der Waals surface area contributed by atoms with Gasteiger partial charge in [-0.15, -0.1) is 0 Å². The molecule has 18 heavy (non-hydrogen) atoms. The normalized spacial score (nSPS) is 23.2. The molecule has 6 nitrogen and oxygen atoms in total. The van der Waals surface area contributed by atoms with Crippen LogP contribution in [-0.4, -0.2) is 31.2 Å². The summed E-state index contributed by atoms with van der Waals surface area (Å²) in [4.78, 5) is 8.72. The number of hydrogen-bond acceptors (Lipinski definition) is 6. The average molecular weight is 269 g/mol. The monoisotopic (exact) mass is 269 g/mol. The van der Waals surface area contributed by atoms with Crippen LogP contribution in [-0.2, 0) is 27.5 Å². The molecule has 0 bridgehead atoms. The lowest BCUT2D eigenvalue weighted by Gasteiger charge is -2.20. The van der Waals surface area contributed by atoms with Crippen molar-refractivity contribution in [2.45, 2.75) is 30.6 Å². The predicted molar refractivity (Wildman–Crippen MR) is 64.9 cm³/mol. The van der Waals surface area contributed by atoms with E-state index in [0.29, 0.717) is 23.7 Å². The lowest BCUT2D eigenvalue weighted by atomic mass is 10.1. The summed E-state index contributed by atoms with van der Waals surface area (Å²) in [6.45, 7) is 0. The predicted octanol–water partition coefficient (Wildman–Crippen LogP) is -0.0961. The van der Waals surface area contributed by atoms with Crippen LogP contribution in [0, 0.1) is 0 Å². The second-order valence-corrected chi connectivity index (χ2v) is 7.16. The molecule has 1 aromatic rings. The molecule has 3 rings (SSSR count). The Balaban J connectivity index is 2.12. The molecule has 98 valence electrons. The third kappa shape index (κ3) is 1.87. The van der Waals surface area contributed by atoms with Gasteiger partial charge in [-0.25, -0.2) is 13.4 Å². The molecule has 2 aliphatic rings. The Hall–Kier alpha value is -1.21. The van der Waals surface area contributed by atoms with Crippen LogP contribution in [0.3, 0.4) is 0 Å². The Morgan fingerprint density at radius 3 is 2.67 bits per heavy atom. The topological polar surface area (TPSA) is 95.2 Å². The van der Waals surface area contributed by atoms with Crippen molar-refractivity contribution in [3.8, 4) is 5.88 Å². The standard InChI is InChI=1S/C11H15N3O3S/c1-17-9-7-6-18(15,16)5-2-8(7)13-10(14-9)11(12)3-4-11/h2-6,12H2,1H3. The number of sulfone groups is 1. The highest BCUT2D eigenvalue weighted by Gasteiger charge is 2.44. The van der Waals surface area contributed by atoms with E-state index in [9.17, 15) is 8.42 Å². The van der Waals surface area contributed by atoms with E-state index in [1.165, 1.54) is 7.11 Å². The molecule has 1 fully saturated rings. The number of fused-ring (bicyclic) bond motifs is 1. The zero-order chi connectivity index (χ0) is 13.0. The summed E-state index contributed by atoms with van der Waals surface area (Å²) >= 11 is 0. The molecule has 1 aliphatic carbocycles. The molecule has 0 saturated heterocycles. The Morgan fingerprint density at radius 1 is 1.33 bits per heavy atom. The molecule has 0 aromatic carbocycles. The van der Waals surface area contributed by atoms with E-state index in [2.05, 4.69) is 9.97 Å². The number of methoxy groups -OCH3 is 1. The van der Waals surface area contributed by atoms with Crippen molar-refractivity contribution in [3.63, 3.8) is 0 Å². The third-order valence-corrected chi connectivity index (χ3v) is 5.05. The highest BCUT2D eigenvalue weighted by Crippen LogP contribution is 2.42. The van der Waals surface area contributed by atoms with Gasteiger partial charge in [0.1, 0.15) is 0 Å². The van der Waals surface area contributed by atoms with Gasteiger partial charge in [-0.3, -0.25) is 0 Å². The third-order valence-electron chi connectivity index (χ3n) is 3.50. The lowest BCUT2D eigenvalue weighted by molar-refractivity contribution is 0.386. The second kappa shape index (κ2) is 3.64. The zero-order valence-electron chi connectivity index (χ0n) is 10.1. The quantitative estimate of drug-likeness (QED) is 0.805. The molecule has 0 atom stereocenters. The van der Waals surface area contributed by atoms with Crippen molar-refractivity contribution in [1.29, 1.82) is 0 Å². The fraction of sp³-hybridized carbons (Fsp3) is 0.636. The number of aromatic nitrogens is 2. The van der Waals surface area contributed by atoms with Gasteiger partial charge >= 0.3 is 0 Å². The smallest absolute Gasteiger partial charge is 0.221 e. The number of nitrogens with zero attached hydrogens (tertiary/aromatic N) is 2. The van der Waals surface area contributed by atoms with Crippen LogP contribution in [0.2, 0.25) is 0 Å². The minimum absolute atomic E-state index is 0.0383. The summed E-state index contributed by atoms with van der Waals surface area (Å²) in [5.41, 5.74) is 7.01. The summed E-state index contributed by atoms with van der Waals surface area (Å²) < 4.78 is 28.5. The number of aryl methyl sites for hydroxylation is 1. The van der Waals surface area contributed by atoms with Gasteiger partial charge in [0.05, 0.1) is 35.4 Å². The molecule has 0 amide bonds. The van der Waals surface area contributed by atoms with E-state index in [4.69, 9.17) is 10.5 Å². The minimum Gasteiger partial charge on any atom is -0.481 e. The van der Waals surface area contributed by atoms with E-state index in [0.717, 1.165) is 18.5 Å². The maximum atomic E-state index is 11.6. The zero-order valence-corrected chi connectivity index (χ0v) is 11.0. The highest BCUT2D eigenvalue weighted by molar-refractivity contribution is 7.90. The van der Waals surface area contributed by atoms with E-state index in [1.54, 1.807) is 0 Å². The van der Waals surface area contributed by atoms with Gasteiger partial charge in [-0.2, -0.15) is 4.98 Å². The van der Waals surface area contributed by atoms with Crippen molar-refractivity contribution in [2.75, 3.05) is 12.9 Å². The first-order chi connectivity index (χ1) is 8.43. The molecular formula is C11H15N3O3S. The molecule has 0 spiro atoms. The van der Waals surface area contributed by atoms with Gasteiger partial charge < -0.3 is 10.5 Å². The van der Waals surface area contributed by atoms with Gasteiger partial charge in [0.2, 0.25) is 5.88 Å². The second-order valence-electron chi connectivity index (χ2n) is 4.98. The maximum absolute atomic E-state index is 11.6. The molecule has 0 unspecified atom stereocenters. The first-order valence-corrected chi connectivity index (χ1v) is 7.69. The maximum Gasteiger partial charge on any atom is 0.221 e. The molecule has 1 aliphatic heterocycles. The molecule has 2 heterocycles. The van der Waals surface area contributed by atoms with Crippen LogP contribution in [0.4, 0.5) is 0 Å². The molecule has 1 aromatic heterocycles. The summed E-state index contributed by atoms with van der Waals surface area (Å²) in [6.07, 6.45) is 2.15. The number of nitrogens with two attached hydrogens (primary N) is 1. The summed E-state index contributed by atoms with van der Waals surface area (Å²) in [7, 11) is -1.56. The van der Waals surface area contributed by atoms with Crippen LogP contribution in [0.1, 0.15) is 29.9 Å². The summed E-state index contributed by atoms with van der Waals surface area (Å²) in [6, 6.07) is 0. The molecule has 1 saturated carbocycles. The SMILES string of the molecule is COc1nc(C2(N)CC2)nc2c1CS(=O)(=O)CC2. The summed E-state index contributed by atoms with van der Waals surface area (Å²) in [5.74, 6) is 1.04. The van der Waals surface area contributed by atoms with Crippen LogP contribution >= 0.6 is 0 Å². The van der Waals surface area contributed by atoms with Gasteiger partial charge in [0, 0.05) is 6.42 Å².